The standard InChI is InChI=1S/C9H8F2N2O/c10-6-2-1-3-7(11)8(6)12-9(14)13-4-5-13/h1-3H,4-5H2,(H,12,14). The fourth-order valence-electron chi connectivity index (χ4n) is 1.06. The predicted molar refractivity (Wildman–Crippen MR) is 46.9 cm³/mol. The van der Waals surface area contributed by atoms with Gasteiger partial charge in [0.1, 0.15) is 17.3 Å². The number of nitrogens with one attached hydrogen (secondary N) is 1. The van der Waals surface area contributed by atoms with Crippen molar-refractivity contribution >= 4 is 11.7 Å². The molecule has 0 aromatic heterocycles. The van der Waals surface area contributed by atoms with Crippen molar-refractivity contribution in [2.45, 2.75) is 0 Å². The summed E-state index contributed by atoms with van der Waals surface area (Å²) in [4.78, 5) is 12.6. The van der Waals surface area contributed by atoms with Crippen LogP contribution in [0, 0.1) is 11.6 Å². The van der Waals surface area contributed by atoms with E-state index < -0.39 is 17.7 Å². The number of carbonyl (C=O) groups excluding carboxylic acids is 1. The van der Waals surface area contributed by atoms with Crippen LogP contribution in [0.5, 0.6) is 0 Å². The summed E-state index contributed by atoms with van der Waals surface area (Å²) in [6.07, 6.45) is 0. The normalized spacial score (nSPS) is 14.0. The number of hydrogen-bond acceptors (Lipinski definition) is 1. The highest BCUT2D eigenvalue weighted by Gasteiger charge is 2.25. The average Bonchev–Trinajstić information content (AvgIpc) is 2.94. The quantitative estimate of drug-likeness (QED) is 0.686. The summed E-state index contributed by atoms with van der Waals surface area (Å²) in [5.74, 6) is -1.53. The number of para-hydroxylation sites is 1. The first-order chi connectivity index (χ1) is 6.68. The van der Waals surface area contributed by atoms with Gasteiger partial charge in [-0.25, -0.2) is 13.6 Å². The molecule has 1 N–H and O–H groups in total. The maximum Gasteiger partial charge on any atom is 0.322 e. The van der Waals surface area contributed by atoms with Crippen LogP contribution in [0.15, 0.2) is 18.2 Å². The van der Waals surface area contributed by atoms with Gasteiger partial charge in [0.2, 0.25) is 0 Å². The molecule has 1 aliphatic heterocycles. The third-order valence-corrected chi connectivity index (χ3v) is 1.93. The first-order valence-electron chi connectivity index (χ1n) is 4.18. The van der Waals surface area contributed by atoms with E-state index in [0.717, 1.165) is 12.1 Å². The van der Waals surface area contributed by atoms with Gasteiger partial charge in [-0.05, 0) is 12.1 Å². The van der Waals surface area contributed by atoms with Crippen LogP contribution in [0.2, 0.25) is 0 Å². The number of anilines is 1. The minimum Gasteiger partial charge on any atom is -0.321 e. The van der Waals surface area contributed by atoms with Crippen molar-refractivity contribution < 1.29 is 13.6 Å². The lowest BCUT2D eigenvalue weighted by Gasteiger charge is -2.07. The van der Waals surface area contributed by atoms with Crippen LogP contribution < -0.4 is 5.32 Å². The number of benzene rings is 1. The zero-order valence-corrected chi connectivity index (χ0v) is 7.26. The zero-order chi connectivity index (χ0) is 10.1. The molecule has 0 aliphatic carbocycles. The first-order valence-corrected chi connectivity index (χ1v) is 4.18. The van der Waals surface area contributed by atoms with E-state index in [4.69, 9.17) is 0 Å². The van der Waals surface area contributed by atoms with E-state index in [9.17, 15) is 13.6 Å². The topological polar surface area (TPSA) is 32.1 Å². The third kappa shape index (κ3) is 1.66. The van der Waals surface area contributed by atoms with Crippen LogP contribution >= 0.6 is 0 Å². The molecule has 0 saturated carbocycles. The van der Waals surface area contributed by atoms with Crippen LogP contribution in [0.4, 0.5) is 19.3 Å². The molecule has 1 fully saturated rings. The van der Waals surface area contributed by atoms with Crippen LogP contribution in [0.25, 0.3) is 0 Å². The van der Waals surface area contributed by atoms with Crippen molar-refractivity contribution in [3.8, 4) is 0 Å². The monoisotopic (exact) mass is 198 g/mol. The second-order valence-electron chi connectivity index (χ2n) is 3.01. The van der Waals surface area contributed by atoms with Gasteiger partial charge in [0.15, 0.2) is 0 Å². The molecule has 1 heterocycles. The van der Waals surface area contributed by atoms with E-state index in [1.807, 2.05) is 0 Å². The zero-order valence-electron chi connectivity index (χ0n) is 7.26. The number of nitrogens with zero attached hydrogens (tertiary/aromatic N) is 1. The van der Waals surface area contributed by atoms with Gasteiger partial charge >= 0.3 is 6.03 Å². The summed E-state index contributed by atoms with van der Waals surface area (Å²) in [6.45, 7) is 1.28. The Morgan fingerprint density at radius 2 is 1.86 bits per heavy atom. The summed E-state index contributed by atoms with van der Waals surface area (Å²) in [7, 11) is 0. The van der Waals surface area contributed by atoms with Crippen LogP contribution in [-0.4, -0.2) is 24.0 Å². The fraction of sp³-hybridized carbons (Fsp3) is 0.222. The van der Waals surface area contributed by atoms with E-state index in [1.165, 1.54) is 11.0 Å². The van der Waals surface area contributed by atoms with Gasteiger partial charge in [-0.1, -0.05) is 6.07 Å². The van der Waals surface area contributed by atoms with Crippen LogP contribution in [0.1, 0.15) is 0 Å². The van der Waals surface area contributed by atoms with Crippen molar-refractivity contribution in [3.63, 3.8) is 0 Å². The molecule has 1 saturated heterocycles. The van der Waals surface area contributed by atoms with Crippen LogP contribution in [-0.2, 0) is 0 Å². The largest absolute Gasteiger partial charge is 0.322 e. The molecule has 5 heteroatoms. The molecule has 2 amide bonds. The maximum atomic E-state index is 13.0. The van der Waals surface area contributed by atoms with E-state index in [0.29, 0.717) is 13.1 Å². The molecule has 1 aliphatic rings. The number of hydrogen-bond donors (Lipinski definition) is 1. The SMILES string of the molecule is O=C(Nc1c(F)cccc1F)N1CC1. The minimum atomic E-state index is -0.764. The molecular weight excluding hydrogens is 190 g/mol. The maximum absolute atomic E-state index is 13.0. The molecular formula is C9H8F2N2O. The van der Waals surface area contributed by atoms with Crippen molar-refractivity contribution in [1.82, 2.24) is 4.90 Å². The average molecular weight is 198 g/mol. The lowest BCUT2D eigenvalue weighted by Crippen LogP contribution is -2.20. The molecule has 0 unspecified atom stereocenters. The predicted octanol–water partition coefficient (Wildman–Crippen LogP) is 1.81. The van der Waals surface area contributed by atoms with Gasteiger partial charge < -0.3 is 10.2 Å². The highest BCUT2D eigenvalue weighted by molar-refractivity contribution is 5.90. The highest BCUT2D eigenvalue weighted by atomic mass is 19.1. The van der Waals surface area contributed by atoms with Crippen molar-refractivity contribution in [2.75, 3.05) is 18.4 Å². The Kier molecular flexibility index (Phi) is 2.07. The Bertz CT molecular complexity index is 357. The van der Waals surface area contributed by atoms with E-state index in [2.05, 4.69) is 5.32 Å². The Balaban J connectivity index is 2.18. The molecule has 0 atom stereocenters. The van der Waals surface area contributed by atoms with E-state index >= 15 is 0 Å². The van der Waals surface area contributed by atoms with Crippen molar-refractivity contribution in [1.29, 1.82) is 0 Å². The summed E-state index contributed by atoms with van der Waals surface area (Å²) in [5.41, 5.74) is -0.385. The number of amides is 2. The molecule has 0 spiro atoms. The second-order valence-corrected chi connectivity index (χ2v) is 3.01. The molecule has 1 aromatic carbocycles. The molecule has 2 rings (SSSR count). The molecule has 3 nitrogen and oxygen atoms in total. The summed E-state index contributed by atoms with van der Waals surface area (Å²) in [5, 5.41) is 2.18. The number of rotatable bonds is 1. The van der Waals surface area contributed by atoms with E-state index in [1.54, 1.807) is 0 Å². The Hall–Kier alpha value is -1.65. The molecule has 0 radical (unpaired) electrons. The number of urea groups is 1. The van der Waals surface area contributed by atoms with Crippen molar-refractivity contribution in [2.24, 2.45) is 0 Å². The second kappa shape index (κ2) is 3.25. The molecule has 1 aromatic rings. The van der Waals surface area contributed by atoms with Crippen molar-refractivity contribution in [3.05, 3.63) is 29.8 Å². The molecule has 74 valence electrons. The van der Waals surface area contributed by atoms with Gasteiger partial charge in [-0.15, -0.1) is 0 Å². The fourth-order valence-corrected chi connectivity index (χ4v) is 1.06. The summed E-state index contributed by atoms with van der Waals surface area (Å²) in [6, 6.07) is 2.98. The van der Waals surface area contributed by atoms with Gasteiger partial charge in [0.25, 0.3) is 0 Å². The third-order valence-electron chi connectivity index (χ3n) is 1.93. The highest BCUT2D eigenvalue weighted by Crippen LogP contribution is 2.19. The smallest absolute Gasteiger partial charge is 0.321 e. The summed E-state index contributed by atoms with van der Waals surface area (Å²) >= 11 is 0. The Morgan fingerprint density at radius 3 is 2.36 bits per heavy atom. The van der Waals surface area contributed by atoms with Crippen LogP contribution in [0.3, 0.4) is 0 Å². The first kappa shape index (κ1) is 8.93. The minimum absolute atomic E-state index is 0.385. The Labute approximate surface area is 79.3 Å². The number of carbonyl (C=O) groups is 1. The Morgan fingerprint density at radius 1 is 1.29 bits per heavy atom. The molecule has 0 bridgehead atoms. The lowest BCUT2D eigenvalue weighted by atomic mass is 10.3. The van der Waals surface area contributed by atoms with E-state index in [-0.39, 0.29) is 5.69 Å². The van der Waals surface area contributed by atoms with Gasteiger partial charge in [0.05, 0.1) is 0 Å². The molecule has 14 heavy (non-hydrogen) atoms. The van der Waals surface area contributed by atoms with Gasteiger partial charge in [-0.3, -0.25) is 0 Å². The lowest BCUT2D eigenvalue weighted by molar-refractivity contribution is 0.241. The van der Waals surface area contributed by atoms with Gasteiger partial charge in [-0.2, -0.15) is 0 Å². The summed E-state index contributed by atoms with van der Waals surface area (Å²) < 4.78 is 26.0. The van der Waals surface area contributed by atoms with Gasteiger partial charge in [0, 0.05) is 13.1 Å². The number of halogens is 2.